The number of nitrogens with two attached hydrogens (primary N) is 2. The Bertz CT molecular complexity index is 2160. The third-order valence-electron chi connectivity index (χ3n) is 12.5. The third-order valence-corrected chi connectivity index (χ3v) is 12.5. The van der Waals surface area contributed by atoms with Gasteiger partial charge in [0.25, 0.3) is 0 Å². The van der Waals surface area contributed by atoms with Crippen LogP contribution in [0.3, 0.4) is 0 Å². The fourth-order valence-electron chi connectivity index (χ4n) is 9.07. The molecule has 0 saturated carbocycles. The molecule has 0 amide bonds. The Morgan fingerprint density at radius 3 is 1.87 bits per heavy atom. The fourth-order valence-corrected chi connectivity index (χ4v) is 9.07. The van der Waals surface area contributed by atoms with E-state index in [0.29, 0.717) is 24.9 Å². The van der Waals surface area contributed by atoms with Gasteiger partial charge in [0.15, 0.2) is 0 Å². The molecule has 0 aliphatic carbocycles. The second kappa shape index (κ2) is 14.4. The van der Waals surface area contributed by atoms with Gasteiger partial charge in [-0.25, -0.2) is 19.9 Å². The minimum Gasteiger partial charge on any atom is -0.381 e. The number of anilines is 1. The van der Waals surface area contributed by atoms with Crippen LogP contribution in [0.5, 0.6) is 0 Å². The van der Waals surface area contributed by atoms with Crippen molar-refractivity contribution >= 4 is 38.9 Å². The summed E-state index contributed by atoms with van der Waals surface area (Å²) in [4.78, 5) is 31.7. The molecule has 2 atom stereocenters. The number of nitrogens with zero attached hydrogens (tertiary/aromatic N) is 5. The van der Waals surface area contributed by atoms with Crippen molar-refractivity contribution in [1.82, 2.24) is 40.2 Å². The largest absolute Gasteiger partial charge is 0.381 e. The van der Waals surface area contributed by atoms with Crippen molar-refractivity contribution in [1.29, 1.82) is 0 Å². The maximum Gasteiger partial charge on any atom is 0.142 e. The molecule has 4 fully saturated rings. The lowest BCUT2D eigenvalue weighted by Crippen LogP contribution is -2.47. The molecule has 4 aromatic heterocycles. The van der Waals surface area contributed by atoms with E-state index in [0.717, 1.165) is 142 Å². The molecule has 4 aliphatic heterocycles. The number of aromatic amines is 3. The van der Waals surface area contributed by atoms with Crippen molar-refractivity contribution in [2.24, 2.45) is 11.5 Å². The van der Waals surface area contributed by atoms with Gasteiger partial charge in [-0.1, -0.05) is 24.3 Å². The molecule has 8 N–H and O–H groups in total. The zero-order chi connectivity index (χ0) is 35.8. The number of para-hydroxylation sites is 2. The molecule has 4 aliphatic rings. The summed E-state index contributed by atoms with van der Waals surface area (Å²) in [6.45, 7) is 8.30. The third kappa shape index (κ3) is 6.27. The molecule has 0 spiro atoms. The monoisotopic (exact) mass is 717 g/mol. The summed E-state index contributed by atoms with van der Waals surface area (Å²) in [5, 5.41) is 4.48. The van der Waals surface area contributed by atoms with E-state index in [9.17, 15) is 0 Å². The number of H-pyrrole nitrogens is 3. The maximum atomic E-state index is 6.38. The number of imidazole rings is 2. The summed E-state index contributed by atoms with van der Waals surface area (Å²) in [5.41, 5.74) is 20.3. The Morgan fingerprint density at radius 1 is 0.736 bits per heavy atom. The molecule has 2 unspecified atom stereocenters. The van der Waals surface area contributed by atoms with E-state index in [4.69, 9.17) is 30.9 Å². The SMILES string of the molecule is NCC1(c2nc3c(C4CCOC4)cccc3[nH]2)CCN(c2ncnc3[nH]ccc23)CC1.NCC1(c2nc3c(C4CCOC4)cccc3[nH]2)CCNCC1. The van der Waals surface area contributed by atoms with Crippen LogP contribution in [-0.4, -0.2) is 101 Å². The lowest BCUT2D eigenvalue weighted by Gasteiger charge is -2.40. The van der Waals surface area contributed by atoms with Gasteiger partial charge in [0.05, 0.1) is 40.7 Å². The highest BCUT2D eigenvalue weighted by molar-refractivity contribution is 5.87. The number of aromatic nitrogens is 7. The Labute approximate surface area is 309 Å². The van der Waals surface area contributed by atoms with Gasteiger partial charge in [0.1, 0.15) is 29.4 Å². The molecule has 278 valence electrons. The molecule has 10 rings (SSSR count). The number of benzene rings is 2. The molecule has 13 heteroatoms. The summed E-state index contributed by atoms with van der Waals surface area (Å²) < 4.78 is 11.2. The number of nitrogens with one attached hydrogen (secondary N) is 4. The van der Waals surface area contributed by atoms with Crippen LogP contribution in [0.4, 0.5) is 5.82 Å². The summed E-state index contributed by atoms with van der Waals surface area (Å²) in [6, 6.07) is 14.9. The zero-order valence-electron chi connectivity index (χ0n) is 30.4. The van der Waals surface area contributed by atoms with Crippen LogP contribution in [0.1, 0.15) is 73.1 Å². The first-order valence-electron chi connectivity index (χ1n) is 19.4. The van der Waals surface area contributed by atoms with Crippen molar-refractivity contribution in [3.63, 3.8) is 0 Å². The summed E-state index contributed by atoms with van der Waals surface area (Å²) in [5.74, 6) is 3.98. The number of rotatable bonds is 7. The zero-order valence-corrected chi connectivity index (χ0v) is 30.4. The molecule has 6 aromatic rings. The van der Waals surface area contributed by atoms with E-state index in [1.165, 1.54) is 11.1 Å². The molecule has 8 heterocycles. The van der Waals surface area contributed by atoms with E-state index in [1.54, 1.807) is 6.33 Å². The molecule has 53 heavy (non-hydrogen) atoms. The van der Waals surface area contributed by atoms with Crippen molar-refractivity contribution < 1.29 is 9.47 Å². The number of ether oxygens (including phenoxy) is 2. The first-order chi connectivity index (χ1) is 26.1. The van der Waals surface area contributed by atoms with Crippen LogP contribution < -0.4 is 21.7 Å². The predicted molar refractivity (Wildman–Crippen MR) is 207 cm³/mol. The quantitative estimate of drug-likeness (QED) is 0.138. The normalized spacial score (nSPS) is 22.8. The highest BCUT2D eigenvalue weighted by atomic mass is 16.5. The minimum absolute atomic E-state index is 0.00623. The summed E-state index contributed by atoms with van der Waals surface area (Å²) in [7, 11) is 0. The average Bonchev–Trinajstić information content (AvgIpc) is 4.07. The molecular formula is C40H51N11O2. The van der Waals surface area contributed by atoms with E-state index in [1.807, 2.05) is 12.3 Å². The first kappa shape index (κ1) is 34.4. The smallest absolute Gasteiger partial charge is 0.142 e. The molecule has 4 saturated heterocycles. The van der Waals surface area contributed by atoms with Crippen molar-refractivity contribution in [3.05, 3.63) is 77.8 Å². The van der Waals surface area contributed by atoms with Crippen molar-refractivity contribution in [2.75, 3.05) is 70.6 Å². The number of hydrogen-bond donors (Lipinski definition) is 6. The van der Waals surface area contributed by atoms with Gasteiger partial charge in [-0.2, -0.15) is 0 Å². The van der Waals surface area contributed by atoms with Crippen LogP contribution >= 0.6 is 0 Å². The Morgan fingerprint density at radius 2 is 1.32 bits per heavy atom. The average molecular weight is 718 g/mol. The summed E-state index contributed by atoms with van der Waals surface area (Å²) in [6.07, 6.45) is 9.65. The molecule has 0 bridgehead atoms. The molecule has 2 aromatic carbocycles. The number of piperidine rings is 2. The minimum atomic E-state index is -0.150. The van der Waals surface area contributed by atoms with Crippen molar-refractivity contribution in [3.8, 4) is 0 Å². The lowest BCUT2D eigenvalue weighted by molar-refractivity contribution is 0.194. The van der Waals surface area contributed by atoms with Gasteiger partial charge in [-0.3, -0.25) is 0 Å². The molecule has 13 nitrogen and oxygen atoms in total. The second-order valence-corrected chi connectivity index (χ2v) is 15.4. The van der Waals surface area contributed by atoms with E-state index >= 15 is 0 Å². The Balaban J connectivity index is 0.000000149. The molecular weight excluding hydrogens is 667 g/mol. The van der Waals surface area contributed by atoms with Gasteiger partial charge in [0.2, 0.25) is 0 Å². The Kier molecular flexibility index (Phi) is 9.37. The predicted octanol–water partition coefficient (Wildman–Crippen LogP) is 4.48. The topological polar surface area (TPSA) is 185 Å². The van der Waals surface area contributed by atoms with E-state index in [2.05, 4.69) is 71.5 Å². The highest BCUT2D eigenvalue weighted by Crippen LogP contribution is 2.39. The first-order valence-corrected chi connectivity index (χ1v) is 19.4. The fraction of sp³-hybridized carbons (Fsp3) is 0.500. The van der Waals surface area contributed by atoms with Gasteiger partial charge >= 0.3 is 0 Å². The van der Waals surface area contributed by atoms with Gasteiger partial charge in [-0.05, 0) is 80.9 Å². The van der Waals surface area contributed by atoms with Crippen LogP contribution in [0, 0.1) is 0 Å². The van der Waals surface area contributed by atoms with Crippen LogP contribution in [0.15, 0.2) is 55.0 Å². The van der Waals surface area contributed by atoms with E-state index < -0.39 is 0 Å². The lowest BCUT2D eigenvalue weighted by atomic mass is 9.77. The highest BCUT2D eigenvalue weighted by Gasteiger charge is 2.39. The molecule has 0 radical (unpaired) electrons. The number of hydrogen-bond acceptors (Lipinski definition) is 10. The maximum absolute atomic E-state index is 6.38. The van der Waals surface area contributed by atoms with E-state index in [-0.39, 0.29) is 10.8 Å². The van der Waals surface area contributed by atoms with Crippen molar-refractivity contribution in [2.45, 2.75) is 61.2 Å². The van der Waals surface area contributed by atoms with Gasteiger partial charge in [-0.15, -0.1) is 0 Å². The van der Waals surface area contributed by atoms with Gasteiger partial charge in [0, 0.05) is 68.3 Å². The summed E-state index contributed by atoms with van der Waals surface area (Å²) >= 11 is 0. The van der Waals surface area contributed by atoms with Crippen LogP contribution in [0.25, 0.3) is 33.1 Å². The van der Waals surface area contributed by atoms with Crippen LogP contribution in [0.2, 0.25) is 0 Å². The number of fused-ring (bicyclic) bond motifs is 3. The Hall–Kier alpha value is -4.40. The second-order valence-electron chi connectivity index (χ2n) is 15.4. The van der Waals surface area contributed by atoms with Gasteiger partial charge < -0.3 is 46.1 Å². The van der Waals surface area contributed by atoms with Crippen LogP contribution in [-0.2, 0) is 20.3 Å². The standard InChI is InChI=1S/C23H27N7O.C17H24N4O/c24-13-23(6-9-30(10-7-23)21-17-4-8-25-20(17)26-14-27-21)22-28-18-3-1-2-16(19(18)29-22)15-5-11-31-12-15;18-11-17(5-7-19-8-6-17)16-20-14-3-1-2-13(15(14)21-16)12-4-9-22-10-12/h1-4,8,14-15H,5-7,9-13,24H2,(H,28,29)(H,25,26,27);1-3,12,19H,4-11,18H2,(H,20,21).